The smallest absolute Gasteiger partial charge is 0.348 e. The van der Waals surface area contributed by atoms with Crippen LogP contribution in [0.5, 0.6) is 23.0 Å². The highest BCUT2D eigenvalue weighted by molar-refractivity contribution is 6.08. The average Bonchev–Trinajstić information content (AvgIpc) is 3.29. The van der Waals surface area contributed by atoms with Crippen LogP contribution in [0.3, 0.4) is 0 Å². The molecule has 29 heavy (non-hydrogen) atoms. The Hall–Kier alpha value is -3.19. The average molecular weight is 397 g/mol. The minimum atomic E-state index is -0.461. The van der Waals surface area contributed by atoms with Crippen LogP contribution in [0.15, 0.2) is 24.3 Å². The largest absolute Gasteiger partial charge is 0.493 e. The van der Waals surface area contributed by atoms with Gasteiger partial charge in [0.15, 0.2) is 23.0 Å². The molecule has 0 aromatic heterocycles. The summed E-state index contributed by atoms with van der Waals surface area (Å²) in [4.78, 5) is 14.7. The van der Waals surface area contributed by atoms with Crippen LogP contribution < -0.4 is 18.9 Å². The Kier molecular flexibility index (Phi) is 5.07. The van der Waals surface area contributed by atoms with Crippen molar-refractivity contribution in [1.82, 2.24) is 4.90 Å². The molecule has 4 rings (SSSR count). The molecule has 2 aromatic rings. The minimum Gasteiger partial charge on any atom is -0.493 e. The monoisotopic (exact) mass is 397 g/mol. The maximum atomic E-state index is 12.6. The summed E-state index contributed by atoms with van der Waals surface area (Å²) in [7, 11) is 7.09. The van der Waals surface area contributed by atoms with E-state index >= 15 is 0 Å². The number of methoxy groups -OCH3 is 2. The number of nitrogens with zero attached hydrogens (tertiary/aromatic N) is 1. The molecule has 0 spiro atoms. The predicted molar refractivity (Wildman–Crippen MR) is 108 cm³/mol. The van der Waals surface area contributed by atoms with Crippen LogP contribution in [0, 0.1) is 0 Å². The van der Waals surface area contributed by atoms with Gasteiger partial charge in [0, 0.05) is 12.1 Å². The molecule has 0 saturated carbocycles. The van der Waals surface area contributed by atoms with Gasteiger partial charge in [-0.05, 0) is 62.0 Å². The standard InChI is InChI=1S/C22H23NO6/c1-23(2)8-7-13-9-18-19(28-12-27-18)11-14(13)10-17-15-5-6-16(25-3)21(26-4)20(15)22(24)29-17/h5-6,9-11H,7-8,12H2,1-4H3. The van der Waals surface area contributed by atoms with Crippen LogP contribution in [0.2, 0.25) is 0 Å². The Balaban J connectivity index is 1.79. The zero-order valence-corrected chi connectivity index (χ0v) is 16.9. The number of hydrogen-bond acceptors (Lipinski definition) is 7. The number of carbonyl (C=O) groups is 1. The molecule has 0 unspecified atom stereocenters. The number of cyclic esters (lactones) is 1. The van der Waals surface area contributed by atoms with Crippen molar-refractivity contribution in [3.8, 4) is 23.0 Å². The summed E-state index contributed by atoms with van der Waals surface area (Å²) >= 11 is 0. The molecule has 152 valence electrons. The Labute approximate surface area is 169 Å². The molecular weight excluding hydrogens is 374 g/mol. The number of benzene rings is 2. The number of esters is 1. The summed E-state index contributed by atoms with van der Waals surface area (Å²) in [6.07, 6.45) is 2.68. The van der Waals surface area contributed by atoms with E-state index in [0.717, 1.165) is 29.8 Å². The molecule has 0 saturated heterocycles. The summed E-state index contributed by atoms with van der Waals surface area (Å²) in [5.41, 5.74) is 3.04. The first-order valence-electron chi connectivity index (χ1n) is 9.28. The molecule has 2 aliphatic heterocycles. The van der Waals surface area contributed by atoms with Gasteiger partial charge in [-0.1, -0.05) is 0 Å². The Morgan fingerprint density at radius 2 is 1.86 bits per heavy atom. The molecule has 7 heteroatoms. The first kappa shape index (κ1) is 19.1. The maximum Gasteiger partial charge on any atom is 0.348 e. The Morgan fingerprint density at radius 1 is 1.10 bits per heavy atom. The lowest BCUT2D eigenvalue weighted by Crippen LogP contribution is -2.15. The third-order valence-corrected chi connectivity index (χ3v) is 4.97. The highest BCUT2D eigenvalue weighted by Crippen LogP contribution is 2.43. The van der Waals surface area contributed by atoms with Crippen molar-refractivity contribution in [1.29, 1.82) is 0 Å². The van der Waals surface area contributed by atoms with E-state index in [-0.39, 0.29) is 6.79 Å². The first-order valence-corrected chi connectivity index (χ1v) is 9.28. The van der Waals surface area contributed by atoms with Crippen LogP contribution in [0.4, 0.5) is 0 Å². The number of likely N-dealkylation sites (N-methyl/N-ethyl adjacent to an activating group) is 1. The van der Waals surface area contributed by atoms with E-state index in [1.807, 2.05) is 32.3 Å². The second-order valence-electron chi connectivity index (χ2n) is 7.08. The third-order valence-electron chi connectivity index (χ3n) is 4.97. The number of fused-ring (bicyclic) bond motifs is 2. The van der Waals surface area contributed by atoms with Crippen molar-refractivity contribution in [3.05, 3.63) is 46.5 Å². The molecule has 0 aliphatic carbocycles. The molecule has 2 aliphatic rings. The summed E-state index contributed by atoms with van der Waals surface area (Å²) < 4.78 is 27.3. The molecule has 0 fully saturated rings. The summed E-state index contributed by atoms with van der Waals surface area (Å²) in [5, 5.41) is 0. The van der Waals surface area contributed by atoms with E-state index in [1.54, 1.807) is 12.1 Å². The summed E-state index contributed by atoms with van der Waals surface area (Å²) in [6, 6.07) is 7.48. The lowest BCUT2D eigenvalue weighted by molar-refractivity contribution is 0.0713. The molecule has 0 radical (unpaired) electrons. The maximum absolute atomic E-state index is 12.6. The highest BCUT2D eigenvalue weighted by atomic mass is 16.7. The Morgan fingerprint density at radius 3 is 2.55 bits per heavy atom. The van der Waals surface area contributed by atoms with Gasteiger partial charge in [-0.25, -0.2) is 4.79 Å². The number of rotatable bonds is 6. The molecule has 2 aromatic carbocycles. The second-order valence-corrected chi connectivity index (χ2v) is 7.08. The van der Waals surface area contributed by atoms with Crippen LogP contribution in [0.1, 0.15) is 27.0 Å². The van der Waals surface area contributed by atoms with E-state index in [9.17, 15) is 4.79 Å². The second kappa shape index (κ2) is 7.67. The van der Waals surface area contributed by atoms with Gasteiger partial charge in [-0.3, -0.25) is 0 Å². The van der Waals surface area contributed by atoms with Crippen molar-refractivity contribution in [2.45, 2.75) is 6.42 Å². The van der Waals surface area contributed by atoms with Gasteiger partial charge in [0.1, 0.15) is 11.3 Å². The van der Waals surface area contributed by atoms with Crippen LogP contribution in [0.25, 0.3) is 11.8 Å². The lowest BCUT2D eigenvalue weighted by atomic mass is 10.00. The van der Waals surface area contributed by atoms with Gasteiger partial charge < -0.3 is 28.6 Å². The van der Waals surface area contributed by atoms with Crippen molar-refractivity contribution in [2.24, 2.45) is 0 Å². The fraction of sp³-hybridized carbons (Fsp3) is 0.318. The summed E-state index contributed by atoms with van der Waals surface area (Å²) in [5.74, 6) is 2.28. The molecule has 0 bridgehead atoms. The molecule has 2 heterocycles. The van der Waals surface area contributed by atoms with Gasteiger partial charge in [-0.15, -0.1) is 0 Å². The van der Waals surface area contributed by atoms with Crippen LogP contribution >= 0.6 is 0 Å². The van der Waals surface area contributed by atoms with Gasteiger partial charge in [0.05, 0.1) is 14.2 Å². The Bertz CT molecular complexity index is 995. The summed E-state index contributed by atoms with van der Waals surface area (Å²) in [6.45, 7) is 1.08. The van der Waals surface area contributed by atoms with Gasteiger partial charge in [0.25, 0.3) is 0 Å². The minimum absolute atomic E-state index is 0.206. The third kappa shape index (κ3) is 3.49. The van der Waals surface area contributed by atoms with Crippen molar-refractivity contribution >= 4 is 17.8 Å². The number of hydrogen-bond donors (Lipinski definition) is 0. The van der Waals surface area contributed by atoms with Crippen LogP contribution in [-0.2, 0) is 11.2 Å². The van der Waals surface area contributed by atoms with Gasteiger partial charge >= 0.3 is 5.97 Å². The van der Waals surface area contributed by atoms with E-state index < -0.39 is 5.97 Å². The van der Waals surface area contributed by atoms with E-state index in [2.05, 4.69) is 4.90 Å². The fourth-order valence-electron chi connectivity index (χ4n) is 3.48. The van der Waals surface area contributed by atoms with Crippen molar-refractivity contribution in [3.63, 3.8) is 0 Å². The van der Waals surface area contributed by atoms with E-state index in [1.165, 1.54) is 14.2 Å². The van der Waals surface area contributed by atoms with Crippen molar-refractivity contribution in [2.75, 3.05) is 41.7 Å². The number of carbonyl (C=O) groups excluding carboxylic acids is 1. The normalized spacial score (nSPS) is 15.6. The molecule has 7 nitrogen and oxygen atoms in total. The quantitative estimate of drug-likeness (QED) is 0.694. The zero-order chi connectivity index (χ0) is 20.5. The van der Waals surface area contributed by atoms with E-state index in [4.69, 9.17) is 23.7 Å². The van der Waals surface area contributed by atoms with Crippen LogP contribution in [-0.4, -0.2) is 52.5 Å². The fourth-order valence-corrected chi connectivity index (χ4v) is 3.48. The number of ether oxygens (including phenoxy) is 5. The lowest BCUT2D eigenvalue weighted by Gasteiger charge is -2.13. The molecular formula is C22H23NO6. The van der Waals surface area contributed by atoms with Gasteiger partial charge in [0.2, 0.25) is 6.79 Å². The SMILES string of the molecule is COc1ccc2c(c1OC)C(=O)OC2=Cc1cc2c(cc1CCN(C)C)OCO2. The highest BCUT2D eigenvalue weighted by Gasteiger charge is 2.32. The van der Waals surface area contributed by atoms with Crippen molar-refractivity contribution < 1.29 is 28.5 Å². The molecule has 0 N–H and O–H groups in total. The van der Waals surface area contributed by atoms with E-state index in [0.29, 0.717) is 34.1 Å². The zero-order valence-electron chi connectivity index (χ0n) is 16.9. The first-order chi connectivity index (χ1) is 14.0. The predicted octanol–water partition coefficient (Wildman–Crippen LogP) is 3.21. The molecule has 0 amide bonds. The van der Waals surface area contributed by atoms with Gasteiger partial charge in [-0.2, -0.15) is 0 Å². The molecule has 0 atom stereocenters. The topological polar surface area (TPSA) is 66.5 Å².